The van der Waals surface area contributed by atoms with E-state index in [0.717, 1.165) is 12.5 Å². The number of aromatic nitrogens is 2. The summed E-state index contributed by atoms with van der Waals surface area (Å²) in [6.45, 7) is 0. The lowest BCUT2D eigenvalue weighted by Gasteiger charge is -2.10. The molecule has 0 radical (unpaired) electrons. The van der Waals surface area contributed by atoms with Crippen molar-refractivity contribution in [2.45, 2.75) is 11.7 Å². The molecule has 11 heteroatoms. The van der Waals surface area contributed by atoms with E-state index in [0.29, 0.717) is 4.34 Å². The van der Waals surface area contributed by atoms with Crippen LogP contribution in [-0.4, -0.2) is 26.4 Å². The van der Waals surface area contributed by atoms with Crippen molar-refractivity contribution in [2.24, 2.45) is 5.73 Å². The van der Waals surface area contributed by atoms with E-state index < -0.39 is 33.9 Å². The molecule has 0 aliphatic carbocycles. The molecule has 0 aromatic carbocycles. The van der Waals surface area contributed by atoms with Crippen molar-refractivity contribution in [1.82, 2.24) is 9.32 Å². The number of imidazole rings is 1. The van der Waals surface area contributed by atoms with Crippen LogP contribution in [0.4, 0.5) is 0 Å². The van der Waals surface area contributed by atoms with Crippen molar-refractivity contribution in [3.8, 4) is 0 Å². The van der Waals surface area contributed by atoms with Crippen LogP contribution in [-0.2, 0) is 13.9 Å². The molecule has 0 aliphatic heterocycles. The predicted octanol–water partition coefficient (Wildman–Crippen LogP) is -1.70. The average molecular weight is 279 g/mol. The van der Waals surface area contributed by atoms with Crippen LogP contribution in [0, 0.1) is 0 Å². The highest BCUT2D eigenvalue weighted by Crippen LogP contribution is 2.36. The first kappa shape index (κ1) is 13.8. The summed E-state index contributed by atoms with van der Waals surface area (Å²) in [5.74, 6) is -1.52. The molecule has 9 nitrogen and oxygen atoms in total. The molecule has 1 aromatic rings. The normalized spacial score (nSPS) is 16.2. The standard InChI is InChI=1S/C6H7N3O6P2/c7-4(6(10)11)5(16(12)13)3-1-9(2-8-3)17(14)15/h1-2,4-5H,7H2,(H,10,11)/t4-,5?/m0/s1. The van der Waals surface area contributed by atoms with E-state index in [-0.39, 0.29) is 5.69 Å². The minimum absolute atomic E-state index is 0.227. The first-order valence-electron chi connectivity index (χ1n) is 4.15. The fourth-order valence-corrected chi connectivity index (χ4v) is 2.22. The number of rotatable bonds is 5. The maximum atomic E-state index is 10.9. The van der Waals surface area contributed by atoms with E-state index in [1.54, 1.807) is 0 Å². The van der Waals surface area contributed by atoms with Crippen LogP contribution in [0.3, 0.4) is 0 Å². The molecule has 0 spiro atoms. The van der Waals surface area contributed by atoms with Crippen LogP contribution in [0.1, 0.15) is 11.4 Å². The number of nitrogens with two attached hydrogens (primary N) is 1. The molecular formula is C6H7N3O6P2. The molecule has 1 heterocycles. The van der Waals surface area contributed by atoms with E-state index >= 15 is 0 Å². The number of nitrogens with zero attached hydrogens (tertiary/aromatic N) is 2. The van der Waals surface area contributed by atoms with Gasteiger partial charge in [0, 0.05) is 0 Å². The zero-order valence-corrected chi connectivity index (χ0v) is 9.95. The summed E-state index contributed by atoms with van der Waals surface area (Å²) < 4.78 is 22.1. The maximum Gasteiger partial charge on any atom is 0.445 e. The molecule has 0 aliphatic rings. The van der Waals surface area contributed by atoms with Gasteiger partial charge in [0.1, 0.15) is 12.0 Å². The summed E-state index contributed by atoms with van der Waals surface area (Å²) in [6.07, 6.45) is 1.77. The van der Waals surface area contributed by atoms with Gasteiger partial charge in [-0.3, -0.25) is 4.79 Å². The van der Waals surface area contributed by atoms with Gasteiger partial charge in [-0.1, -0.05) is 4.57 Å². The van der Waals surface area contributed by atoms with E-state index in [9.17, 15) is 23.7 Å². The fraction of sp³-hybridized carbons (Fsp3) is 0.333. The fourth-order valence-electron chi connectivity index (χ4n) is 1.13. The van der Waals surface area contributed by atoms with Crippen LogP contribution in [0.15, 0.2) is 12.5 Å². The Morgan fingerprint density at radius 3 is 2.47 bits per heavy atom. The molecule has 0 amide bonds. The number of carbonyl (C=O) groups is 1. The molecule has 4 atom stereocenters. The minimum Gasteiger partial charge on any atom is -0.595 e. The largest absolute Gasteiger partial charge is 0.595 e. The molecule has 3 unspecified atom stereocenters. The summed E-state index contributed by atoms with van der Waals surface area (Å²) in [5, 5.41) is 8.63. The Balaban J connectivity index is 3.10. The van der Waals surface area contributed by atoms with Gasteiger partial charge < -0.3 is 20.6 Å². The van der Waals surface area contributed by atoms with Gasteiger partial charge in [-0.15, -0.1) is 4.34 Å². The van der Waals surface area contributed by atoms with Crippen molar-refractivity contribution in [2.75, 3.05) is 0 Å². The zero-order chi connectivity index (χ0) is 13.2. The summed E-state index contributed by atoms with van der Waals surface area (Å²) in [7, 11) is -6.18. The van der Waals surface area contributed by atoms with Crippen LogP contribution < -0.4 is 15.5 Å². The Morgan fingerprint density at radius 2 is 2.12 bits per heavy atom. The van der Waals surface area contributed by atoms with Gasteiger partial charge in [-0.25, -0.2) is 4.98 Å². The smallest absolute Gasteiger partial charge is 0.445 e. The number of carboxylic acids is 1. The van der Waals surface area contributed by atoms with Crippen LogP contribution >= 0.6 is 16.2 Å². The van der Waals surface area contributed by atoms with Gasteiger partial charge in [0.2, 0.25) is 5.66 Å². The molecule has 0 bridgehead atoms. The lowest BCUT2D eigenvalue weighted by molar-refractivity contribution is -0.168. The number of aliphatic carboxylic acids is 1. The highest BCUT2D eigenvalue weighted by atomic mass is 31.1. The predicted molar refractivity (Wildman–Crippen MR) is 51.2 cm³/mol. The molecular weight excluding hydrogens is 272 g/mol. The average Bonchev–Trinajstić information content (AvgIpc) is 2.66. The lowest BCUT2D eigenvalue weighted by Crippen LogP contribution is -2.36. The molecule has 0 saturated carbocycles. The monoisotopic (exact) mass is 279 g/mol. The molecule has 92 valence electrons. The third kappa shape index (κ3) is 3.12. The Labute approximate surface area is 96.7 Å². The van der Waals surface area contributed by atoms with Crippen molar-refractivity contribution < 1.29 is 28.8 Å². The van der Waals surface area contributed by atoms with Crippen LogP contribution in [0.25, 0.3) is 0 Å². The van der Waals surface area contributed by atoms with Crippen molar-refractivity contribution in [3.63, 3.8) is 0 Å². The number of carboxylic acid groups (broad SMARTS) is 1. The quantitative estimate of drug-likeness (QED) is 0.603. The first-order chi connectivity index (χ1) is 7.84. The third-order valence-corrected chi connectivity index (χ3v) is 3.57. The molecule has 0 fully saturated rings. The van der Waals surface area contributed by atoms with Crippen molar-refractivity contribution in [3.05, 3.63) is 18.2 Å². The lowest BCUT2D eigenvalue weighted by atomic mass is 10.2. The Hall–Kier alpha value is -1.24. The Kier molecular flexibility index (Phi) is 4.39. The third-order valence-electron chi connectivity index (χ3n) is 1.93. The van der Waals surface area contributed by atoms with Crippen molar-refractivity contribution >= 4 is 22.2 Å². The van der Waals surface area contributed by atoms with Crippen LogP contribution in [0.5, 0.6) is 0 Å². The second-order valence-corrected chi connectivity index (χ2v) is 5.08. The minimum atomic E-state index is -3.20. The topological polar surface area (TPSA) is 161 Å². The number of hydrogen-bond donors (Lipinski definition) is 2. The number of hydrogen-bond acceptors (Lipinski definition) is 7. The second kappa shape index (κ2) is 5.39. The van der Waals surface area contributed by atoms with Gasteiger partial charge in [-0.2, -0.15) is 0 Å². The molecule has 0 saturated heterocycles. The van der Waals surface area contributed by atoms with Crippen LogP contribution in [0.2, 0.25) is 0 Å². The Bertz CT molecular complexity index is 474. The summed E-state index contributed by atoms with van der Waals surface area (Å²) in [6, 6.07) is -1.70. The molecule has 1 rings (SSSR count). The van der Waals surface area contributed by atoms with E-state index in [1.165, 1.54) is 0 Å². The molecule has 3 N–H and O–H groups in total. The van der Waals surface area contributed by atoms with Gasteiger partial charge in [0.25, 0.3) is 0 Å². The highest BCUT2D eigenvalue weighted by Gasteiger charge is 2.38. The summed E-state index contributed by atoms with van der Waals surface area (Å²) in [4.78, 5) is 35.6. The van der Waals surface area contributed by atoms with E-state index in [4.69, 9.17) is 10.8 Å². The summed E-state index contributed by atoms with van der Waals surface area (Å²) >= 11 is 0. The van der Waals surface area contributed by atoms with Crippen molar-refractivity contribution in [1.29, 1.82) is 0 Å². The molecule has 1 aromatic heterocycles. The van der Waals surface area contributed by atoms with E-state index in [2.05, 4.69) is 4.98 Å². The zero-order valence-electron chi connectivity index (χ0n) is 8.16. The molecule has 17 heavy (non-hydrogen) atoms. The van der Waals surface area contributed by atoms with Gasteiger partial charge in [-0.05, 0) is 4.57 Å². The second-order valence-electron chi connectivity index (χ2n) is 3.01. The maximum absolute atomic E-state index is 10.9. The first-order valence-corrected chi connectivity index (χ1v) is 6.52. The van der Waals surface area contributed by atoms with Gasteiger partial charge in [0.15, 0.2) is 6.04 Å². The van der Waals surface area contributed by atoms with E-state index in [1.807, 2.05) is 0 Å². The summed E-state index contributed by atoms with van der Waals surface area (Å²) in [5.41, 5.74) is 3.40. The SMILES string of the molecule is N[C@H](C(=O)O)C(c1cn([P+](=O)[O-])cn1)[P+](=O)[O-]. The van der Waals surface area contributed by atoms with Gasteiger partial charge >= 0.3 is 22.2 Å². The van der Waals surface area contributed by atoms with Gasteiger partial charge in [0.05, 0.1) is 6.20 Å². The Morgan fingerprint density at radius 1 is 1.53 bits per heavy atom. The highest BCUT2D eigenvalue weighted by molar-refractivity contribution is 7.37.